The van der Waals surface area contributed by atoms with E-state index in [4.69, 9.17) is 19.5 Å². The summed E-state index contributed by atoms with van der Waals surface area (Å²) in [6.45, 7) is 4.87. The number of nitrogens with two attached hydrogens (primary N) is 1. The summed E-state index contributed by atoms with van der Waals surface area (Å²) in [6.07, 6.45) is 7.21. The third-order valence-corrected chi connectivity index (χ3v) is 14.3. The van der Waals surface area contributed by atoms with Gasteiger partial charge in [0.25, 0.3) is 0 Å². The summed E-state index contributed by atoms with van der Waals surface area (Å²) in [5.41, 5.74) is 4.29. The molecule has 3 rings (SSSR count). The lowest BCUT2D eigenvalue weighted by Gasteiger charge is -2.30. The van der Waals surface area contributed by atoms with E-state index in [-0.39, 0.29) is 47.5 Å². The van der Waals surface area contributed by atoms with Crippen LogP contribution in [0.2, 0.25) is 0 Å². The molecular formula is C37H66N7O17P3S. The fraction of sp³-hybridized carbons (Fsp3) is 0.784. The van der Waals surface area contributed by atoms with Crippen molar-refractivity contribution in [2.24, 2.45) is 11.3 Å². The summed E-state index contributed by atoms with van der Waals surface area (Å²) in [4.78, 5) is 88.5. The van der Waals surface area contributed by atoms with E-state index in [2.05, 4.69) is 48.3 Å². The van der Waals surface area contributed by atoms with Gasteiger partial charge in [-0.3, -0.25) is 32.5 Å². The molecule has 2 aromatic heterocycles. The van der Waals surface area contributed by atoms with Gasteiger partial charge < -0.3 is 50.9 Å². The summed E-state index contributed by atoms with van der Waals surface area (Å²) in [6, 6.07) is 0. The highest BCUT2D eigenvalue weighted by molar-refractivity contribution is 8.13. The minimum Gasteiger partial charge on any atom is -0.386 e. The van der Waals surface area contributed by atoms with E-state index in [0.29, 0.717) is 12.2 Å². The van der Waals surface area contributed by atoms with Crippen LogP contribution < -0.4 is 16.4 Å². The zero-order valence-corrected chi connectivity index (χ0v) is 40.6. The van der Waals surface area contributed by atoms with Crippen LogP contribution in [-0.2, 0) is 50.7 Å². The fourth-order valence-corrected chi connectivity index (χ4v) is 10.4. The molecule has 24 nitrogen and oxygen atoms in total. The third-order valence-electron chi connectivity index (χ3n) is 10.3. The molecule has 0 aliphatic carbocycles. The van der Waals surface area contributed by atoms with E-state index in [0.717, 1.165) is 41.8 Å². The smallest absolute Gasteiger partial charge is 0.386 e. The van der Waals surface area contributed by atoms with Crippen LogP contribution >= 0.6 is 35.2 Å². The molecule has 2 amide bonds. The maximum Gasteiger partial charge on any atom is 0.481 e. The second-order valence-electron chi connectivity index (χ2n) is 16.6. The van der Waals surface area contributed by atoms with Crippen LogP contribution in [0.4, 0.5) is 5.82 Å². The minimum absolute atomic E-state index is 0.0334. The number of carbonyl (C=O) groups is 3. The molecule has 0 bridgehead atoms. The number of fused-ring (bicyclic) bond motifs is 1. The molecule has 1 aliphatic heterocycles. The highest BCUT2D eigenvalue weighted by Gasteiger charge is 2.50. The topological polar surface area (TPSA) is 364 Å². The van der Waals surface area contributed by atoms with Crippen molar-refractivity contribution < 1.29 is 80.5 Å². The number of phosphoric acid groups is 3. The first kappa shape index (κ1) is 56.9. The van der Waals surface area contributed by atoms with Crippen molar-refractivity contribution in [3.8, 4) is 0 Å². The molecule has 1 saturated heterocycles. The standard InChI is InChI=1S/C37H66N7O17P3S/c1-5-6-7-8-9-10-11-12-13-14-15-25(2)20-28(46)65-19-18-39-27(45)16-17-40-35(49)32(48)37(3,4)22-58-64(55,56)61-63(53,54)57-21-26-31(60-62(50,51)52)30(47)36(59-26)44-24-43-29-33(38)41-23-42-34(29)44/h23-26,30-32,36,47-48H,5-22H2,1-4H3,(H,39,45)(H,40,49)(H,53,54)(H,55,56)(H2,38,41,42)(H2,50,51,52). The molecule has 2 aromatic rings. The summed E-state index contributed by atoms with van der Waals surface area (Å²) in [7, 11) is -16.4. The van der Waals surface area contributed by atoms with E-state index in [9.17, 15) is 57.9 Å². The predicted molar refractivity (Wildman–Crippen MR) is 237 cm³/mol. The van der Waals surface area contributed by atoms with Crippen molar-refractivity contribution in [1.29, 1.82) is 0 Å². The van der Waals surface area contributed by atoms with E-state index < -0.39 is 84.6 Å². The average Bonchev–Trinajstić information content (AvgIpc) is 3.78. The van der Waals surface area contributed by atoms with Crippen molar-refractivity contribution in [2.45, 2.75) is 142 Å². The average molecular weight is 1010 g/mol. The third kappa shape index (κ3) is 20.4. The summed E-state index contributed by atoms with van der Waals surface area (Å²) < 4.78 is 62.4. The molecule has 8 atom stereocenters. The molecule has 65 heavy (non-hydrogen) atoms. The van der Waals surface area contributed by atoms with Gasteiger partial charge in [-0.05, 0) is 5.92 Å². The number of hydrogen-bond donors (Lipinski definition) is 9. The molecule has 1 aliphatic rings. The fourth-order valence-electron chi connectivity index (χ4n) is 6.72. The molecule has 0 saturated carbocycles. The summed E-state index contributed by atoms with van der Waals surface area (Å²) in [5.74, 6) is -0.740. The van der Waals surface area contributed by atoms with Gasteiger partial charge in [0.15, 0.2) is 22.8 Å². The monoisotopic (exact) mass is 1010 g/mol. The first-order chi connectivity index (χ1) is 30.4. The zero-order valence-electron chi connectivity index (χ0n) is 37.1. The van der Waals surface area contributed by atoms with Crippen LogP contribution in [0.3, 0.4) is 0 Å². The Morgan fingerprint density at radius 2 is 1.57 bits per heavy atom. The summed E-state index contributed by atoms with van der Waals surface area (Å²) in [5, 5.41) is 26.7. The largest absolute Gasteiger partial charge is 0.481 e. The number of nitrogens with one attached hydrogen (secondary N) is 2. The molecular weight excluding hydrogens is 939 g/mol. The van der Waals surface area contributed by atoms with E-state index >= 15 is 0 Å². The first-order valence-electron chi connectivity index (χ1n) is 21.5. The zero-order chi connectivity index (χ0) is 48.4. The normalized spacial score (nSPS) is 20.8. The van der Waals surface area contributed by atoms with Crippen molar-refractivity contribution >= 4 is 69.1 Å². The van der Waals surface area contributed by atoms with E-state index in [1.165, 1.54) is 71.6 Å². The Labute approximate surface area is 382 Å². The van der Waals surface area contributed by atoms with Gasteiger partial charge in [-0.1, -0.05) is 110 Å². The lowest BCUT2D eigenvalue weighted by Crippen LogP contribution is -2.46. The van der Waals surface area contributed by atoms with Gasteiger partial charge in [0.05, 0.1) is 19.5 Å². The Morgan fingerprint density at radius 1 is 0.938 bits per heavy atom. The molecule has 0 aromatic carbocycles. The maximum absolute atomic E-state index is 12.7. The van der Waals surface area contributed by atoms with Crippen molar-refractivity contribution in [1.82, 2.24) is 30.2 Å². The second kappa shape index (κ2) is 26.9. The first-order valence-corrected chi connectivity index (χ1v) is 27.0. The number of ether oxygens (including phenoxy) is 1. The number of hydrogen-bond acceptors (Lipinski definition) is 18. The van der Waals surface area contributed by atoms with Crippen molar-refractivity contribution in [3.63, 3.8) is 0 Å². The van der Waals surface area contributed by atoms with E-state index in [1.54, 1.807) is 0 Å². The van der Waals surface area contributed by atoms with Crippen LogP contribution in [0, 0.1) is 11.3 Å². The van der Waals surface area contributed by atoms with Crippen LogP contribution in [0.15, 0.2) is 12.7 Å². The number of amides is 2. The molecule has 10 N–H and O–H groups in total. The van der Waals surface area contributed by atoms with E-state index in [1.807, 2.05) is 0 Å². The number of carbonyl (C=O) groups excluding carboxylic acids is 3. The minimum atomic E-state index is -5.57. The number of imidazole rings is 1. The van der Waals surface area contributed by atoms with Gasteiger partial charge in [-0.25, -0.2) is 28.6 Å². The molecule has 3 heterocycles. The van der Waals surface area contributed by atoms with Gasteiger partial charge in [0, 0.05) is 37.1 Å². The lowest BCUT2D eigenvalue weighted by atomic mass is 9.87. The molecule has 0 radical (unpaired) electrons. The van der Waals surface area contributed by atoms with Crippen LogP contribution in [0.25, 0.3) is 11.2 Å². The maximum atomic E-state index is 12.7. The summed E-state index contributed by atoms with van der Waals surface area (Å²) >= 11 is 1.16. The van der Waals surface area contributed by atoms with Crippen molar-refractivity contribution in [2.75, 3.05) is 37.8 Å². The number of anilines is 1. The Morgan fingerprint density at radius 3 is 2.22 bits per heavy atom. The molecule has 372 valence electrons. The number of nitrogen functional groups attached to an aromatic ring is 1. The Hall–Kier alpha value is -2.44. The number of unbranched alkanes of at least 4 members (excludes halogenated alkanes) is 9. The number of phosphoric ester groups is 3. The molecule has 8 unspecified atom stereocenters. The van der Waals surface area contributed by atoms with Crippen LogP contribution in [-0.4, -0.2) is 123 Å². The number of rotatable bonds is 32. The Balaban J connectivity index is 1.35. The molecule has 0 spiro atoms. The number of aliphatic hydroxyl groups excluding tert-OH is 2. The number of aliphatic hydroxyl groups is 2. The number of aromatic nitrogens is 4. The Kier molecular flexibility index (Phi) is 23.6. The quantitative estimate of drug-likeness (QED) is 0.0369. The van der Waals surface area contributed by atoms with Gasteiger partial charge in [0.2, 0.25) is 11.8 Å². The van der Waals surface area contributed by atoms with Gasteiger partial charge >= 0.3 is 23.5 Å². The van der Waals surface area contributed by atoms with Gasteiger partial charge in [-0.2, -0.15) is 4.31 Å². The second-order valence-corrected chi connectivity index (χ2v) is 22.0. The highest BCUT2D eigenvalue weighted by Crippen LogP contribution is 2.61. The SMILES string of the molecule is CCCCCCCCCCCCC(C)CC(=O)SCCNC(=O)CCNC(=O)C(O)C(C)(C)COP(=O)(O)OP(=O)(O)OCC1OC(n2cnc3c(N)ncnc32)C(O)C1OP(=O)(O)O. The van der Waals surface area contributed by atoms with Gasteiger partial charge in [-0.15, -0.1) is 0 Å². The highest BCUT2D eigenvalue weighted by atomic mass is 32.2. The predicted octanol–water partition coefficient (Wildman–Crippen LogP) is 4.00. The molecule has 28 heteroatoms. The van der Waals surface area contributed by atoms with Crippen molar-refractivity contribution in [3.05, 3.63) is 12.7 Å². The lowest BCUT2D eigenvalue weighted by molar-refractivity contribution is -0.137. The van der Waals surface area contributed by atoms with Crippen LogP contribution in [0.1, 0.15) is 117 Å². The Bertz CT molecular complexity index is 1980. The number of thioether (sulfide) groups is 1. The molecule has 1 fully saturated rings. The van der Waals surface area contributed by atoms with Crippen LogP contribution in [0.5, 0.6) is 0 Å². The number of nitrogens with zero attached hydrogens (tertiary/aromatic N) is 4. The van der Waals surface area contributed by atoms with Gasteiger partial charge in [0.1, 0.15) is 36.3 Å².